The predicted molar refractivity (Wildman–Crippen MR) is 135 cm³/mol. The van der Waals surface area contributed by atoms with Crippen LogP contribution in [0.5, 0.6) is 0 Å². The minimum Gasteiger partial charge on any atom is -0.726 e. The summed E-state index contributed by atoms with van der Waals surface area (Å²) in [6, 6.07) is 0. The first kappa shape index (κ1) is 33.2. The summed E-state index contributed by atoms with van der Waals surface area (Å²) in [6.07, 6.45) is 4.42. The Morgan fingerprint density at radius 1 is 1.03 bits per heavy atom. The van der Waals surface area contributed by atoms with Crippen molar-refractivity contribution in [2.75, 3.05) is 13.2 Å². The van der Waals surface area contributed by atoms with E-state index in [2.05, 4.69) is 25.0 Å². The molecular formula is C27H47NaO9S. The standard InChI is InChI=1S/C27H48O9S.Na/c1-15(4-7-22(30)16(13-28)14-36-37(33,34)35)19-5-6-20-25-21(12-24(32)27(19,20)3)26(2)9-8-18(29)10-17(26)11-23(25)31;/h15-25,28-32H,4-14H2,1-3H3,(H,33,34,35);/q;+1/p-1/t15?,16?,17-,18?,19?,20?,21?,22+,23?,24?,25?,26?,27?;/m0./s1. The maximum absolute atomic E-state index is 11.7. The summed E-state index contributed by atoms with van der Waals surface area (Å²) in [5.74, 6) is 0.355. The van der Waals surface area contributed by atoms with Crippen molar-refractivity contribution < 1.29 is 72.2 Å². The fraction of sp³-hybridized carbons (Fsp3) is 1.00. The Hall–Kier alpha value is 0.670. The van der Waals surface area contributed by atoms with E-state index in [9.17, 15) is 38.5 Å². The van der Waals surface area contributed by atoms with Gasteiger partial charge in [-0.1, -0.05) is 20.8 Å². The Bertz CT molecular complexity index is 905. The fourth-order valence-electron chi connectivity index (χ4n) is 9.46. The molecule has 13 atom stereocenters. The van der Waals surface area contributed by atoms with Crippen LogP contribution >= 0.6 is 0 Å². The molecule has 0 aromatic carbocycles. The Kier molecular flexibility index (Phi) is 10.9. The molecule has 4 rings (SSSR count). The van der Waals surface area contributed by atoms with Gasteiger partial charge >= 0.3 is 29.6 Å². The van der Waals surface area contributed by atoms with Gasteiger partial charge in [-0.3, -0.25) is 4.18 Å². The topological polar surface area (TPSA) is 168 Å². The summed E-state index contributed by atoms with van der Waals surface area (Å²) in [7, 11) is -4.90. The van der Waals surface area contributed by atoms with Crippen molar-refractivity contribution in [3.05, 3.63) is 0 Å². The molecule has 38 heavy (non-hydrogen) atoms. The molecule has 11 unspecified atom stereocenters. The van der Waals surface area contributed by atoms with Crippen LogP contribution in [0.25, 0.3) is 0 Å². The van der Waals surface area contributed by atoms with Crippen molar-refractivity contribution in [3.63, 3.8) is 0 Å². The number of aliphatic hydroxyl groups excluding tert-OH is 5. The van der Waals surface area contributed by atoms with Crippen LogP contribution in [0, 0.1) is 52.3 Å². The van der Waals surface area contributed by atoms with Gasteiger partial charge in [-0.15, -0.1) is 0 Å². The SMILES string of the molecule is CC(CC[C@@H](O)C(CO)COS(=O)(=O)[O-])C1CCC2C3C(O)C[C@@H]4CC(O)CCC4(C)C3CC(O)C12C.[Na+]. The minimum absolute atomic E-state index is 0. The smallest absolute Gasteiger partial charge is 0.726 e. The molecule has 0 heterocycles. The molecule has 4 aliphatic carbocycles. The monoisotopic (exact) mass is 570 g/mol. The van der Waals surface area contributed by atoms with Crippen molar-refractivity contribution >= 4 is 10.4 Å². The first-order valence-electron chi connectivity index (χ1n) is 14.2. The molecule has 216 valence electrons. The second kappa shape index (κ2) is 12.5. The van der Waals surface area contributed by atoms with Crippen molar-refractivity contribution in [1.29, 1.82) is 0 Å². The van der Waals surface area contributed by atoms with Gasteiger partial charge in [-0.2, -0.15) is 0 Å². The van der Waals surface area contributed by atoms with Gasteiger partial charge in [-0.05, 0) is 104 Å². The number of hydrogen-bond acceptors (Lipinski definition) is 9. The number of fused-ring (bicyclic) bond motifs is 5. The normalized spacial score (nSPS) is 45.2. The Balaban J connectivity index is 0.00000400. The zero-order valence-electron chi connectivity index (χ0n) is 23.4. The fourth-order valence-corrected chi connectivity index (χ4v) is 9.80. The molecule has 0 spiro atoms. The van der Waals surface area contributed by atoms with Crippen molar-refractivity contribution in [2.45, 2.75) is 103 Å². The first-order valence-corrected chi connectivity index (χ1v) is 15.5. The molecule has 0 radical (unpaired) electrons. The van der Waals surface area contributed by atoms with E-state index >= 15 is 0 Å². The van der Waals surface area contributed by atoms with Crippen LogP contribution in [0.4, 0.5) is 0 Å². The Labute approximate surface area is 250 Å². The average Bonchev–Trinajstić information content (AvgIpc) is 3.17. The molecule has 0 aliphatic heterocycles. The van der Waals surface area contributed by atoms with Gasteiger partial charge < -0.3 is 30.1 Å². The second-order valence-electron chi connectivity index (χ2n) is 13.3. The number of aliphatic hydroxyl groups is 5. The van der Waals surface area contributed by atoms with Gasteiger partial charge in [-0.25, -0.2) is 8.42 Å². The quantitative estimate of drug-likeness (QED) is 0.130. The molecular weight excluding hydrogens is 523 g/mol. The second-order valence-corrected chi connectivity index (χ2v) is 14.3. The third kappa shape index (κ3) is 6.21. The summed E-state index contributed by atoms with van der Waals surface area (Å²) in [5.41, 5.74) is -0.321. The van der Waals surface area contributed by atoms with E-state index in [1.807, 2.05) is 0 Å². The summed E-state index contributed by atoms with van der Waals surface area (Å²) in [4.78, 5) is 0. The molecule has 11 heteroatoms. The molecule has 0 amide bonds. The van der Waals surface area contributed by atoms with E-state index in [0.29, 0.717) is 25.7 Å². The Morgan fingerprint density at radius 3 is 2.34 bits per heavy atom. The Morgan fingerprint density at radius 2 is 1.71 bits per heavy atom. The van der Waals surface area contributed by atoms with Gasteiger partial charge in [0.1, 0.15) is 0 Å². The van der Waals surface area contributed by atoms with Crippen molar-refractivity contribution in [1.82, 2.24) is 0 Å². The third-order valence-electron chi connectivity index (χ3n) is 11.6. The molecule has 4 fully saturated rings. The van der Waals surface area contributed by atoms with Crippen LogP contribution in [0.15, 0.2) is 0 Å². The maximum Gasteiger partial charge on any atom is 1.00 e. The zero-order chi connectivity index (χ0) is 27.3. The van der Waals surface area contributed by atoms with Gasteiger partial charge in [0.2, 0.25) is 10.4 Å². The first-order chi connectivity index (χ1) is 17.2. The van der Waals surface area contributed by atoms with Crippen LogP contribution in [-0.2, 0) is 14.6 Å². The minimum atomic E-state index is -4.90. The maximum atomic E-state index is 11.7. The molecule has 0 saturated heterocycles. The summed E-state index contributed by atoms with van der Waals surface area (Å²) in [6.45, 7) is 5.56. The van der Waals surface area contributed by atoms with Gasteiger partial charge in [0, 0.05) is 5.92 Å². The molecule has 0 bridgehead atoms. The van der Waals surface area contributed by atoms with Crippen LogP contribution in [0.2, 0.25) is 0 Å². The molecule has 0 aromatic heterocycles. The third-order valence-corrected chi connectivity index (χ3v) is 12.1. The number of hydrogen-bond donors (Lipinski definition) is 5. The van der Waals surface area contributed by atoms with E-state index in [0.717, 1.165) is 32.1 Å². The zero-order valence-corrected chi connectivity index (χ0v) is 26.2. The van der Waals surface area contributed by atoms with Gasteiger partial charge in [0.25, 0.3) is 0 Å². The number of rotatable bonds is 9. The van der Waals surface area contributed by atoms with E-state index in [4.69, 9.17) is 0 Å². The van der Waals surface area contributed by atoms with Crippen LogP contribution in [0.1, 0.15) is 78.6 Å². The summed E-state index contributed by atoms with van der Waals surface area (Å²) in [5, 5.41) is 53.4. The molecule has 5 N–H and O–H groups in total. The molecule has 0 aromatic rings. The van der Waals surface area contributed by atoms with E-state index < -0.39 is 47.8 Å². The van der Waals surface area contributed by atoms with Crippen molar-refractivity contribution in [2.24, 2.45) is 52.3 Å². The van der Waals surface area contributed by atoms with E-state index in [-0.39, 0.29) is 82.0 Å². The molecule has 4 saturated carbocycles. The largest absolute Gasteiger partial charge is 1.00 e. The molecule has 4 aliphatic rings. The van der Waals surface area contributed by atoms with E-state index in [1.165, 1.54) is 0 Å². The van der Waals surface area contributed by atoms with Crippen molar-refractivity contribution in [3.8, 4) is 0 Å². The molecule has 9 nitrogen and oxygen atoms in total. The van der Waals surface area contributed by atoms with Crippen LogP contribution in [0.3, 0.4) is 0 Å². The van der Waals surface area contributed by atoms with Gasteiger partial charge in [0.05, 0.1) is 37.6 Å². The van der Waals surface area contributed by atoms with Crippen LogP contribution in [-0.4, -0.2) is 76.1 Å². The van der Waals surface area contributed by atoms with Crippen LogP contribution < -0.4 is 29.6 Å². The average molecular weight is 571 g/mol. The summed E-state index contributed by atoms with van der Waals surface area (Å²) >= 11 is 0. The van der Waals surface area contributed by atoms with E-state index in [1.54, 1.807) is 0 Å². The summed E-state index contributed by atoms with van der Waals surface area (Å²) < 4.78 is 36.5. The van der Waals surface area contributed by atoms with Gasteiger partial charge in [0.15, 0.2) is 0 Å². The predicted octanol–water partition coefficient (Wildman–Crippen LogP) is -1.19.